The Morgan fingerprint density at radius 2 is 2.00 bits per heavy atom. The molecule has 6 heteroatoms. The van der Waals surface area contributed by atoms with E-state index >= 15 is 0 Å². The van der Waals surface area contributed by atoms with Crippen LogP contribution in [0.1, 0.15) is 0 Å². The van der Waals surface area contributed by atoms with Crippen molar-refractivity contribution in [1.29, 1.82) is 0 Å². The molecule has 82 valence electrons. The van der Waals surface area contributed by atoms with Crippen molar-refractivity contribution in [2.24, 2.45) is 0 Å². The molecule has 0 saturated carbocycles. The molecule has 0 N–H and O–H groups in total. The van der Waals surface area contributed by atoms with Crippen LogP contribution >= 0.6 is 22.4 Å². The molecule has 2 rings (SSSR count). The fraction of sp³-hybridized carbons (Fsp3) is 0.333. The van der Waals surface area contributed by atoms with Gasteiger partial charge in [0, 0.05) is 22.2 Å². The third-order valence-corrected chi connectivity index (χ3v) is 4.59. The van der Waals surface area contributed by atoms with Gasteiger partial charge in [-0.2, -0.15) is 11.8 Å². The molecule has 0 spiro atoms. The Labute approximate surface area is 97.2 Å². The molecule has 0 atom stereocenters. The summed E-state index contributed by atoms with van der Waals surface area (Å²) in [5, 5.41) is 0. The van der Waals surface area contributed by atoms with Gasteiger partial charge in [-0.25, -0.2) is 8.42 Å². The highest BCUT2D eigenvalue weighted by atomic mass is 35.7. The third kappa shape index (κ3) is 2.59. The van der Waals surface area contributed by atoms with Gasteiger partial charge in [-0.05, 0) is 12.1 Å². The van der Waals surface area contributed by atoms with E-state index in [0.29, 0.717) is 5.75 Å². The molecular formula is C9H9ClO3S2. The summed E-state index contributed by atoms with van der Waals surface area (Å²) in [7, 11) is 1.57. The van der Waals surface area contributed by atoms with Crippen molar-refractivity contribution >= 4 is 31.5 Å². The molecule has 1 aliphatic heterocycles. The molecule has 1 aliphatic rings. The Morgan fingerprint density at radius 3 is 2.53 bits per heavy atom. The summed E-state index contributed by atoms with van der Waals surface area (Å²) >= 11 is 1.77. The second-order valence-electron chi connectivity index (χ2n) is 3.16. The number of ether oxygens (including phenoxy) is 1. The number of thioether (sulfide) groups is 1. The van der Waals surface area contributed by atoms with Crippen LogP contribution in [0.15, 0.2) is 29.2 Å². The standard InChI is InChI=1S/C9H9ClO3S2/c10-15(11,12)9-4-2-1-3-8(9)13-7-5-14-6-7/h1-4,7H,5-6H2. The van der Waals surface area contributed by atoms with Gasteiger partial charge in [-0.15, -0.1) is 0 Å². The zero-order chi connectivity index (χ0) is 10.9. The average molecular weight is 265 g/mol. The van der Waals surface area contributed by atoms with Crippen molar-refractivity contribution in [1.82, 2.24) is 0 Å². The first-order valence-electron chi connectivity index (χ1n) is 4.35. The first-order valence-corrected chi connectivity index (χ1v) is 7.82. The van der Waals surface area contributed by atoms with Crippen molar-refractivity contribution in [3.05, 3.63) is 24.3 Å². The Balaban J connectivity index is 2.29. The molecular weight excluding hydrogens is 256 g/mol. The quantitative estimate of drug-likeness (QED) is 0.785. The molecule has 0 aromatic heterocycles. The Bertz CT molecular complexity index is 454. The molecule has 1 heterocycles. The number of hydrogen-bond donors (Lipinski definition) is 0. The first-order chi connectivity index (χ1) is 7.07. The topological polar surface area (TPSA) is 43.4 Å². The van der Waals surface area contributed by atoms with E-state index in [-0.39, 0.29) is 11.0 Å². The Hall–Kier alpha value is -0.390. The lowest BCUT2D eigenvalue weighted by Gasteiger charge is -2.26. The highest BCUT2D eigenvalue weighted by Crippen LogP contribution is 2.30. The van der Waals surface area contributed by atoms with Crippen LogP contribution in [0.3, 0.4) is 0 Å². The van der Waals surface area contributed by atoms with Gasteiger partial charge in [-0.3, -0.25) is 0 Å². The summed E-state index contributed by atoms with van der Waals surface area (Å²) in [6, 6.07) is 6.42. The van der Waals surface area contributed by atoms with E-state index in [1.807, 2.05) is 0 Å². The summed E-state index contributed by atoms with van der Waals surface area (Å²) in [5.41, 5.74) is 0. The minimum Gasteiger partial charge on any atom is -0.487 e. The lowest BCUT2D eigenvalue weighted by atomic mass is 10.3. The van der Waals surface area contributed by atoms with Crippen LogP contribution in [-0.2, 0) is 9.05 Å². The van der Waals surface area contributed by atoms with E-state index in [1.54, 1.807) is 30.0 Å². The first kappa shape index (κ1) is 11.1. The smallest absolute Gasteiger partial charge is 0.264 e. The molecule has 1 aromatic rings. The molecule has 15 heavy (non-hydrogen) atoms. The number of halogens is 1. The maximum Gasteiger partial charge on any atom is 0.264 e. The molecule has 0 bridgehead atoms. The van der Waals surface area contributed by atoms with Crippen LogP contribution in [0.2, 0.25) is 0 Å². The lowest BCUT2D eigenvalue weighted by Crippen LogP contribution is -2.31. The van der Waals surface area contributed by atoms with Crippen LogP contribution in [0, 0.1) is 0 Å². The van der Waals surface area contributed by atoms with Crippen molar-refractivity contribution in [2.45, 2.75) is 11.0 Å². The second kappa shape index (κ2) is 4.23. The van der Waals surface area contributed by atoms with Gasteiger partial charge in [-0.1, -0.05) is 12.1 Å². The van der Waals surface area contributed by atoms with Crippen molar-refractivity contribution < 1.29 is 13.2 Å². The van der Waals surface area contributed by atoms with Gasteiger partial charge in [0.15, 0.2) is 0 Å². The van der Waals surface area contributed by atoms with Crippen LogP contribution in [0.25, 0.3) is 0 Å². The van der Waals surface area contributed by atoms with Gasteiger partial charge in [0.2, 0.25) is 0 Å². The average Bonchev–Trinajstić information content (AvgIpc) is 2.10. The van der Waals surface area contributed by atoms with E-state index < -0.39 is 9.05 Å². The molecule has 1 fully saturated rings. The summed E-state index contributed by atoms with van der Waals surface area (Å²) in [4.78, 5) is 0.0450. The van der Waals surface area contributed by atoms with Crippen molar-refractivity contribution in [3.8, 4) is 5.75 Å². The molecule has 1 aromatic carbocycles. The Kier molecular flexibility index (Phi) is 3.13. The molecule has 0 unspecified atom stereocenters. The van der Waals surface area contributed by atoms with Crippen molar-refractivity contribution in [3.63, 3.8) is 0 Å². The van der Waals surface area contributed by atoms with Gasteiger partial charge in [0.25, 0.3) is 9.05 Å². The third-order valence-electron chi connectivity index (χ3n) is 2.01. The largest absolute Gasteiger partial charge is 0.487 e. The van der Waals surface area contributed by atoms with Gasteiger partial charge in [0.05, 0.1) is 0 Å². The maximum atomic E-state index is 11.2. The van der Waals surface area contributed by atoms with Crippen LogP contribution in [-0.4, -0.2) is 26.0 Å². The highest BCUT2D eigenvalue weighted by molar-refractivity contribution is 8.13. The van der Waals surface area contributed by atoms with Gasteiger partial charge in [0.1, 0.15) is 16.7 Å². The minimum absolute atomic E-state index is 0.0450. The van der Waals surface area contributed by atoms with E-state index in [9.17, 15) is 8.42 Å². The summed E-state index contributed by atoms with van der Waals surface area (Å²) < 4.78 is 28.0. The van der Waals surface area contributed by atoms with E-state index in [1.165, 1.54) is 6.07 Å². The predicted octanol–water partition coefficient (Wildman–Crippen LogP) is 2.11. The fourth-order valence-electron chi connectivity index (χ4n) is 1.21. The van der Waals surface area contributed by atoms with E-state index in [4.69, 9.17) is 15.4 Å². The van der Waals surface area contributed by atoms with Crippen LogP contribution in [0.5, 0.6) is 5.75 Å². The maximum absolute atomic E-state index is 11.2. The minimum atomic E-state index is -3.72. The number of benzene rings is 1. The zero-order valence-electron chi connectivity index (χ0n) is 7.72. The molecule has 0 amide bonds. The van der Waals surface area contributed by atoms with Crippen LogP contribution in [0.4, 0.5) is 0 Å². The summed E-state index contributed by atoms with van der Waals surface area (Å²) in [5.74, 6) is 2.14. The zero-order valence-corrected chi connectivity index (χ0v) is 10.1. The SMILES string of the molecule is O=S(=O)(Cl)c1ccccc1OC1CSC1. The summed E-state index contributed by atoms with van der Waals surface area (Å²) in [6.45, 7) is 0. The highest BCUT2D eigenvalue weighted by Gasteiger charge is 2.23. The number of para-hydroxylation sites is 1. The summed E-state index contributed by atoms with van der Waals surface area (Å²) in [6.07, 6.45) is 0.106. The number of rotatable bonds is 3. The second-order valence-corrected chi connectivity index (χ2v) is 6.77. The predicted molar refractivity (Wildman–Crippen MR) is 61.2 cm³/mol. The molecule has 0 radical (unpaired) electrons. The molecule has 1 saturated heterocycles. The van der Waals surface area contributed by atoms with Crippen molar-refractivity contribution in [2.75, 3.05) is 11.5 Å². The van der Waals surface area contributed by atoms with Gasteiger partial charge >= 0.3 is 0 Å². The monoisotopic (exact) mass is 264 g/mol. The van der Waals surface area contributed by atoms with E-state index in [2.05, 4.69) is 0 Å². The Morgan fingerprint density at radius 1 is 1.33 bits per heavy atom. The normalized spacial score (nSPS) is 17.1. The number of hydrogen-bond acceptors (Lipinski definition) is 4. The lowest BCUT2D eigenvalue weighted by molar-refractivity contribution is 0.234. The van der Waals surface area contributed by atoms with E-state index in [0.717, 1.165) is 11.5 Å². The van der Waals surface area contributed by atoms with Crippen LogP contribution < -0.4 is 4.74 Å². The molecule has 0 aliphatic carbocycles. The molecule has 3 nitrogen and oxygen atoms in total. The van der Waals surface area contributed by atoms with Gasteiger partial charge < -0.3 is 4.74 Å². The fourth-order valence-corrected chi connectivity index (χ4v) is 2.75.